The second-order valence-corrected chi connectivity index (χ2v) is 4.47. The van der Waals surface area contributed by atoms with E-state index in [0.717, 1.165) is 11.3 Å². The van der Waals surface area contributed by atoms with E-state index < -0.39 is 0 Å². The molecular weight excluding hydrogens is 188 g/mol. The molecule has 0 radical (unpaired) electrons. The lowest BCUT2D eigenvalue weighted by molar-refractivity contribution is 0.0547. The fourth-order valence-electron chi connectivity index (χ4n) is 2.37. The zero-order valence-electron chi connectivity index (χ0n) is 8.61. The summed E-state index contributed by atoms with van der Waals surface area (Å²) < 4.78 is 5.89. The molecule has 1 heterocycles. The Morgan fingerprint density at radius 1 is 1.20 bits per heavy atom. The molecule has 0 N–H and O–H groups in total. The van der Waals surface area contributed by atoms with Crippen molar-refractivity contribution in [2.75, 3.05) is 0 Å². The van der Waals surface area contributed by atoms with Gasteiger partial charge in [0.2, 0.25) is 0 Å². The fraction of sp³-hybridized carbons (Fsp3) is 0.462. The van der Waals surface area contributed by atoms with Crippen molar-refractivity contribution in [3.8, 4) is 5.75 Å². The molecule has 2 aliphatic rings. The fourth-order valence-corrected chi connectivity index (χ4v) is 2.37. The minimum atomic E-state index is 0.140. The molecule has 2 nitrogen and oxygen atoms in total. The van der Waals surface area contributed by atoms with Crippen LogP contribution in [0.4, 0.5) is 0 Å². The van der Waals surface area contributed by atoms with Gasteiger partial charge in [0.1, 0.15) is 11.9 Å². The van der Waals surface area contributed by atoms with E-state index in [2.05, 4.69) is 0 Å². The van der Waals surface area contributed by atoms with Crippen molar-refractivity contribution in [1.29, 1.82) is 0 Å². The maximum atomic E-state index is 11.9. The molecule has 1 aromatic rings. The van der Waals surface area contributed by atoms with Gasteiger partial charge in [-0.3, -0.25) is 4.79 Å². The number of benzene rings is 1. The van der Waals surface area contributed by atoms with Gasteiger partial charge in [0.25, 0.3) is 0 Å². The summed E-state index contributed by atoms with van der Waals surface area (Å²) in [7, 11) is 0. The average Bonchev–Trinajstić information content (AvgIpc) is 2.15. The van der Waals surface area contributed by atoms with Gasteiger partial charge in [0.05, 0.1) is 5.56 Å². The Bertz CT molecular complexity index is 393. The SMILES string of the molecule is O=C1CC(C2CCC2)Oc2ccccc21. The summed E-state index contributed by atoms with van der Waals surface area (Å²) in [5.41, 5.74) is 0.757. The van der Waals surface area contributed by atoms with Gasteiger partial charge in [0.15, 0.2) is 5.78 Å². The van der Waals surface area contributed by atoms with E-state index >= 15 is 0 Å². The molecule has 78 valence electrons. The van der Waals surface area contributed by atoms with E-state index in [1.54, 1.807) is 0 Å². The summed E-state index contributed by atoms with van der Waals surface area (Å²) in [6.45, 7) is 0. The normalized spacial score (nSPS) is 25.3. The van der Waals surface area contributed by atoms with E-state index in [1.165, 1.54) is 19.3 Å². The highest BCUT2D eigenvalue weighted by atomic mass is 16.5. The summed E-state index contributed by atoms with van der Waals surface area (Å²) >= 11 is 0. The third kappa shape index (κ3) is 1.44. The molecule has 1 aliphatic heterocycles. The lowest BCUT2D eigenvalue weighted by Gasteiger charge is -2.36. The number of fused-ring (bicyclic) bond motifs is 1. The molecule has 0 bridgehead atoms. The highest BCUT2D eigenvalue weighted by Gasteiger charge is 2.34. The van der Waals surface area contributed by atoms with Gasteiger partial charge in [-0.05, 0) is 30.9 Å². The number of Topliss-reactive ketones (excluding diaryl/α,β-unsaturated/α-hetero) is 1. The van der Waals surface area contributed by atoms with Crippen LogP contribution in [0.3, 0.4) is 0 Å². The molecule has 2 heteroatoms. The number of ketones is 1. The van der Waals surface area contributed by atoms with Gasteiger partial charge >= 0.3 is 0 Å². The van der Waals surface area contributed by atoms with Crippen molar-refractivity contribution < 1.29 is 9.53 Å². The van der Waals surface area contributed by atoms with Crippen molar-refractivity contribution in [2.24, 2.45) is 5.92 Å². The molecule has 1 aromatic carbocycles. The largest absolute Gasteiger partial charge is 0.489 e. The number of hydrogen-bond acceptors (Lipinski definition) is 2. The maximum absolute atomic E-state index is 11.9. The van der Waals surface area contributed by atoms with Crippen LogP contribution in [0, 0.1) is 5.92 Å². The van der Waals surface area contributed by atoms with E-state index in [4.69, 9.17) is 4.74 Å². The van der Waals surface area contributed by atoms with Crippen LogP contribution in [0.2, 0.25) is 0 Å². The van der Waals surface area contributed by atoms with Crippen LogP contribution in [-0.2, 0) is 0 Å². The Hall–Kier alpha value is -1.31. The molecular formula is C13H14O2. The molecule has 0 saturated heterocycles. The minimum Gasteiger partial charge on any atom is -0.489 e. The smallest absolute Gasteiger partial charge is 0.170 e. The van der Waals surface area contributed by atoms with Crippen LogP contribution < -0.4 is 4.74 Å². The molecule has 1 aliphatic carbocycles. The van der Waals surface area contributed by atoms with Gasteiger partial charge in [-0.15, -0.1) is 0 Å². The van der Waals surface area contributed by atoms with E-state index in [0.29, 0.717) is 12.3 Å². The van der Waals surface area contributed by atoms with Gasteiger partial charge in [0, 0.05) is 6.42 Å². The lowest BCUT2D eigenvalue weighted by Crippen LogP contribution is -2.37. The third-order valence-electron chi connectivity index (χ3n) is 3.53. The second kappa shape index (κ2) is 3.37. The number of carbonyl (C=O) groups excluding carboxylic acids is 1. The third-order valence-corrected chi connectivity index (χ3v) is 3.53. The maximum Gasteiger partial charge on any atom is 0.170 e. The van der Waals surface area contributed by atoms with Crippen molar-refractivity contribution in [2.45, 2.75) is 31.8 Å². The Balaban J connectivity index is 1.88. The highest BCUT2D eigenvalue weighted by Crippen LogP contribution is 2.37. The molecule has 0 amide bonds. The first-order valence-electron chi connectivity index (χ1n) is 5.63. The Morgan fingerprint density at radius 2 is 2.00 bits per heavy atom. The van der Waals surface area contributed by atoms with Crippen LogP contribution in [0.5, 0.6) is 5.75 Å². The molecule has 1 unspecified atom stereocenters. The van der Waals surface area contributed by atoms with E-state index in [9.17, 15) is 4.79 Å². The van der Waals surface area contributed by atoms with Crippen LogP contribution in [0.25, 0.3) is 0 Å². The number of carbonyl (C=O) groups is 1. The summed E-state index contributed by atoms with van der Waals surface area (Å²) in [6, 6.07) is 7.58. The standard InChI is InChI=1S/C13H14O2/c14-11-8-13(9-4-3-5-9)15-12-7-2-1-6-10(11)12/h1-2,6-7,9,13H,3-5,8H2. The molecule has 1 fully saturated rings. The second-order valence-electron chi connectivity index (χ2n) is 4.47. The lowest BCUT2D eigenvalue weighted by atomic mass is 9.78. The van der Waals surface area contributed by atoms with Crippen LogP contribution in [-0.4, -0.2) is 11.9 Å². The zero-order valence-corrected chi connectivity index (χ0v) is 8.61. The van der Waals surface area contributed by atoms with Gasteiger partial charge in [-0.2, -0.15) is 0 Å². The number of rotatable bonds is 1. The topological polar surface area (TPSA) is 26.3 Å². The molecule has 1 saturated carbocycles. The zero-order chi connectivity index (χ0) is 10.3. The van der Waals surface area contributed by atoms with Crippen LogP contribution in [0.1, 0.15) is 36.0 Å². The summed E-state index contributed by atoms with van der Waals surface area (Å²) in [6.07, 6.45) is 4.45. The average molecular weight is 202 g/mol. The first-order chi connectivity index (χ1) is 7.34. The van der Waals surface area contributed by atoms with Crippen LogP contribution >= 0.6 is 0 Å². The molecule has 15 heavy (non-hydrogen) atoms. The van der Waals surface area contributed by atoms with Crippen molar-refractivity contribution in [1.82, 2.24) is 0 Å². The van der Waals surface area contributed by atoms with Gasteiger partial charge < -0.3 is 4.74 Å². The minimum absolute atomic E-state index is 0.140. The Morgan fingerprint density at radius 3 is 2.73 bits per heavy atom. The quantitative estimate of drug-likeness (QED) is 0.700. The molecule has 3 rings (SSSR count). The number of hydrogen-bond donors (Lipinski definition) is 0. The summed E-state index contributed by atoms with van der Waals surface area (Å²) in [5.74, 6) is 1.64. The van der Waals surface area contributed by atoms with E-state index in [1.807, 2.05) is 24.3 Å². The predicted molar refractivity (Wildman–Crippen MR) is 57.1 cm³/mol. The Kier molecular flexibility index (Phi) is 2.01. The molecule has 0 spiro atoms. The molecule has 0 aromatic heterocycles. The van der Waals surface area contributed by atoms with Gasteiger partial charge in [-0.1, -0.05) is 18.6 Å². The first-order valence-corrected chi connectivity index (χ1v) is 5.63. The van der Waals surface area contributed by atoms with Crippen molar-refractivity contribution >= 4 is 5.78 Å². The van der Waals surface area contributed by atoms with Gasteiger partial charge in [-0.25, -0.2) is 0 Å². The van der Waals surface area contributed by atoms with E-state index in [-0.39, 0.29) is 11.9 Å². The first kappa shape index (κ1) is 8.96. The molecule has 1 atom stereocenters. The summed E-state index contributed by atoms with van der Waals surface area (Å²) in [5, 5.41) is 0. The number of para-hydroxylation sites is 1. The highest BCUT2D eigenvalue weighted by molar-refractivity contribution is 5.99. The van der Waals surface area contributed by atoms with Crippen molar-refractivity contribution in [3.05, 3.63) is 29.8 Å². The number of ether oxygens (including phenoxy) is 1. The summed E-state index contributed by atoms with van der Waals surface area (Å²) in [4.78, 5) is 11.9. The Labute approximate surface area is 89.2 Å². The van der Waals surface area contributed by atoms with Crippen molar-refractivity contribution in [3.63, 3.8) is 0 Å². The van der Waals surface area contributed by atoms with Crippen LogP contribution in [0.15, 0.2) is 24.3 Å². The monoisotopic (exact) mass is 202 g/mol. The predicted octanol–water partition coefficient (Wildman–Crippen LogP) is 2.82.